The van der Waals surface area contributed by atoms with Crippen LogP contribution in [0.3, 0.4) is 0 Å². The Labute approximate surface area is 158 Å². The molecule has 2 aromatic rings. The van der Waals surface area contributed by atoms with Crippen LogP contribution in [-0.2, 0) is 5.75 Å². The quantitative estimate of drug-likeness (QED) is 0.742. The lowest BCUT2D eigenvalue weighted by atomic mass is 10.0. The Morgan fingerprint density at radius 1 is 1.36 bits per heavy atom. The van der Waals surface area contributed by atoms with Crippen LogP contribution in [0.5, 0.6) is 0 Å². The number of nitrogens with one attached hydrogen (secondary N) is 1. The molecule has 6 heteroatoms. The van der Waals surface area contributed by atoms with Gasteiger partial charge in [-0.05, 0) is 37.9 Å². The summed E-state index contributed by atoms with van der Waals surface area (Å²) in [5, 5.41) is 5.29. The van der Waals surface area contributed by atoms with Gasteiger partial charge in [-0.1, -0.05) is 19.1 Å². The van der Waals surface area contributed by atoms with Crippen LogP contribution in [0.25, 0.3) is 0 Å². The van der Waals surface area contributed by atoms with E-state index in [1.807, 2.05) is 29.8 Å². The minimum atomic E-state index is 0.0512. The van der Waals surface area contributed by atoms with E-state index in [9.17, 15) is 4.79 Å². The topological polar surface area (TPSA) is 45.2 Å². The Hall–Kier alpha value is -1.37. The van der Waals surface area contributed by atoms with Gasteiger partial charge in [0.15, 0.2) is 0 Å². The van der Waals surface area contributed by atoms with Crippen molar-refractivity contribution in [2.24, 2.45) is 0 Å². The van der Waals surface area contributed by atoms with Crippen molar-refractivity contribution in [3.63, 3.8) is 0 Å². The minimum absolute atomic E-state index is 0.0512. The molecule has 1 aliphatic heterocycles. The number of rotatable bonds is 7. The second-order valence-corrected chi connectivity index (χ2v) is 8.09. The zero-order chi connectivity index (χ0) is 17.5. The van der Waals surface area contributed by atoms with Crippen LogP contribution >= 0.6 is 23.1 Å². The van der Waals surface area contributed by atoms with Crippen LogP contribution in [-0.4, -0.2) is 41.5 Å². The lowest BCUT2D eigenvalue weighted by Gasteiger charge is -2.32. The molecular weight excluding hydrogens is 350 g/mol. The van der Waals surface area contributed by atoms with Gasteiger partial charge in [-0.2, -0.15) is 0 Å². The van der Waals surface area contributed by atoms with Crippen molar-refractivity contribution >= 4 is 29.0 Å². The summed E-state index contributed by atoms with van der Waals surface area (Å²) in [5.41, 5.74) is 3.69. The van der Waals surface area contributed by atoms with Crippen molar-refractivity contribution in [2.45, 2.75) is 42.9 Å². The third kappa shape index (κ3) is 5.30. The normalized spacial score (nSPS) is 16.0. The Bertz CT molecular complexity index is 667. The fourth-order valence-corrected chi connectivity index (χ4v) is 4.74. The van der Waals surface area contributed by atoms with Gasteiger partial charge < -0.3 is 10.2 Å². The molecule has 1 aliphatic rings. The van der Waals surface area contributed by atoms with Crippen LogP contribution in [0.2, 0.25) is 0 Å². The van der Waals surface area contributed by atoms with E-state index < -0.39 is 0 Å². The highest BCUT2D eigenvalue weighted by Crippen LogP contribution is 2.26. The molecular formula is C19H25N3OS2. The van der Waals surface area contributed by atoms with Gasteiger partial charge in [0.05, 0.1) is 16.8 Å². The van der Waals surface area contributed by atoms with Gasteiger partial charge in [0, 0.05) is 35.2 Å². The first-order chi connectivity index (χ1) is 12.3. The molecule has 1 aromatic carbocycles. The molecule has 3 rings (SSSR count). The Balaban J connectivity index is 1.57. The van der Waals surface area contributed by atoms with Gasteiger partial charge in [0.25, 0.3) is 5.91 Å². The highest BCUT2D eigenvalue weighted by Gasteiger charge is 2.21. The van der Waals surface area contributed by atoms with Crippen molar-refractivity contribution in [2.75, 3.05) is 19.6 Å². The van der Waals surface area contributed by atoms with E-state index in [-0.39, 0.29) is 11.9 Å². The monoisotopic (exact) mass is 375 g/mol. The summed E-state index contributed by atoms with van der Waals surface area (Å²) >= 11 is 3.28. The fourth-order valence-electron chi connectivity index (χ4n) is 3.12. The number of amides is 1. The molecule has 2 heterocycles. The molecule has 134 valence electrons. The first-order valence-corrected chi connectivity index (χ1v) is 10.8. The predicted molar refractivity (Wildman–Crippen MR) is 105 cm³/mol. The van der Waals surface area contributed by atoms with E-state index in [2.05, 4.69) is 27.5 Å². The third-order valence-corrected chi connectivity index (χ3v) is 6.20. The number of nitrogens with zero attached hydrogens (tertiary/aromatic N) is 2. The molecule has 0 atom stereocenters. The summed E-state index contributed by atoms with van der Waals surface area (Å²) in [6.45, 7) is 5.54. The number of piperidine rings is 1. The molecule has 1 aromatic heterocycles. The standard InChI is InChI=1S/C19H25N3OS2/c1-2-9-22-10-7-15(8-11-22)21-19(23)17-5-3-4-6-18(17)25-13-16-12-24-14-20-16/h3-6,12,14-15H,2,7-11,13H2,1H3,(H,21,23). The molecule has 0 bridgehead atoms. The van der Waals surface area contributed by atoms with Gasteiger partial charge in [-0.15, -0.1) is 23.1 Å². The van der Waals surface area contributed by atoms with Gasteiger partial charge in [0.1, 0.15) is 0 Å². The maximum Gasteiger partial charge on any atom is 0.252 e. The molecule has 0 aliphatic carbocycles. The molecule has 4 nitrogen and oxygen atoms in total. The Morgan fingerprint density at radius 2 is 2.16 bits per heavy atom. The first-order valence-electron chi connectivity index (χ1n) is 8.88. The molecule has 1 fully saturated rings. The van der Waals surface area contributed by atoms with Gasteiger partial charge in [0.2, 0.25) is 0 Å². The number of carbonyl (C=O) groups is 1. The number of benzene rings is 1. The number of hydrogen-bond acceptors (Lipinski definition) is 5. The van der Waals surface area contributed by atoms with E-state index in [0.717, 1.165) is 54.4 Å². The summed E-state index contributed by atoms with van der Waals surface area (Å²) in [6, 6.07) is 8.16. The van der Waals surface area contributed by atoms with Crippen LogP contribution < -0.4 is 5.32 Å². The van der Waals surface area contributed by atoms with Crippen molar-refractivity contribution in [1.29, 1.82) is 0 Å². The molecule has 1 saturated heterocycles. The molecule has 1 N–H and O–H groups in total. The number of carbonyl (C=O) groups excluding carboxylic acids is 1. The maximum absolute atomic E-state index is 12.8. The Kier molecular flexibility index (Phi) is 6.90. The van der Waals surface area contributed by atoms with Crippen molar-refractivity contribution in [3.05, 3.63) is 46.4 Å². The largest absolute Gasteiger partial charge is 0.349 e. The van der Waals surface area contributed by atoms with Crippen LogP contribution in [0.1, 0.15) is 42.2 Å². The second-order valence-electron chi connectivity index (χ2n) is 6.35. The zero-order valence-corrected chi connectivity index (χ0v) is 16.2. The molecule has 0 radical (unpaired) electrons. The Morgan fingerprint density at radius 3 is 2.88 bits per heavy atom. The number of thiazole rings is 1. The summed E-state index contributed by atoms with van der Waals surface area (Å²) in [6.07, 6.45) is 3.28. The van der Waals surface area contributed by atoms with Crippen molar-refractivity contribution < 1.29 is 4.79 Å². The van der Waals surface area contributed by atoms with Crippen molar-refractivity contribution in [3.8, 4) is 0 Å². The number of thioether (sulfide) groups is 1. The van der Waals surface area contributed by atoms with E-state index in [1.54, 1.807) is 23.1 Å². The molecule has 1 amide bonds. The average Bonchev–Trinajstić information content (AvgIpc) is 3.16. The molecule has 0 unspecified atom stereocenters. The van der Waals surface area contributed by atoms with E-state index in [1.165, 1.54) is 6.42 Å². The number of likely N-dealkylation sites (tertiary alicyclic amines) is 1. The van der Waals surface area contributed by atoms with E-state index in [4.69, 9.17) is 0 Å². The lowest BCUT2D eigenvalue weighted by molar-refractivity contribution is 0.0908. The van der Waals surface area contributed by atoms with Gasteiger partial charge in [-0.25, -0.2) is 4.98 Å². The van der Waals surface area contributed by atoms with Crippen molar-refractivity contribution in [1.82, 2.24) is 15.2 Å². The number of aromatic nitrogens is 1. The average molecular weight is 376 g/mol. The predicted octanol–water partition coefficient (Wildman–Crippen LogP) is 4.04. The van der Waals surface area contributed by atoms with Crippen LogP contribution in [0, 0.1) is 0 Å². The SMILES string of the molecule is CCCN1CCC(NC(=O)c2ccccc2SCc2cscn2)CC1. The van der Waals surface area contributed by atoms with Gasteiger partial charge >= 0.3 is 0 Å². The third-order valence-electron chi connectivity index (χ3n) is 4.45. The van der Waals surface area contributed by atoms with Crippen LogP contribution in [0.15, 0.2) is 40.1 Å². The van der Waals surface area contributed by atoms with E-state index >= 15 is 0 Å². The zero-order valence-electron chi connectivity index (χ0n) is 14.6. The summed E-state index contributed by atoms with van der Waals surface area (Å²) in [7, 11) is 0. The van der Waals surface area contributed by atoms with Gasteiger partial charge in [-0.3, -0.25) is 4.79 Å². The second kappa shape index (κ2) is 9.36. The summed E-state index contributed by atoms with van der Waals surface area (Å²) in [5.74, 6) is 0.846. The highest BCUT2D eigenvalue weighted by atomic mass is 32.2. The minimum Gasteiger partial charge on any atom is -0.349 e. The fraction of sp³-hybridized carbons (Fsp3) is 0.474. The first kappa shape index (κ1) is 18.4. The molecule has 0 saturated carbocycles. The lowest BCUT2D eigenvalue weighted by Crippen LogP contribution is -2.44. The van der Waals surface area contributed by atoms with E-state index in [0.29, 0.717) is 0 Å². The smallest absolute Gasteiger partial charge is 0.252 e. The number of hydrogen-bond donors (Lipinski definition) is 1. The highest BCUT2D eigenvalue weighted by molar-refractivity contribution is 7.98. The maximum atomic E-state index is 12.8. The van der Waals surface area contributed by atoms with Crippen LogP contribution in [0.4, 0.5) is 0 Å². The molecule has 0 spiro atoms. The summed E-state index contributed by atoms with van der Waals surface area (Å²) in [4.78, 5) is 20.6. The molecule has 25 heavy (non-hydrogen) atoms. The summed E-state index contributed by atoms with van der Waals surface area (Å²) < 4.78 is 0.